The predicted molar refractivity (Wildman–Crippen MR) is 71.7 cm³/mol. The van der Waals surface area contributed by atoms with E-state index in [1.165, 1.54) is 0 Å². The van der Waals surface area contributed by atoms with Gasteiger partial charge in [0.25, 0.3) is 0 Å². The summed E-state index contributed by atoms with van der Waals surface area (Å²) in [6, 6.07) is 0. The van der Waals surface area contributed by atoms with Crippen molar-refractivity contribution in [3.63, 3.8) is 0 Å². The Morgan fingerprint density at radius 1 is 1.45 bits per heavy atom. The van der Waals surface area contributed by atoms with Crippen molar-refractivity contribution in [2.24, 2.45) is 0 Å². The van der Waals surface area contributed by atoms with Crippen LogP contribution < -0.4 is 0 Å². The number of phosphoric ester groups is 1. The average Bonchev–Trinajstić information content (AvgIpc) is 2.63. The van der Waals surface area contributed by atoms with Crippen LogP contribution in [0.5, 0.6) is 0 Å². The van der Waals surface area contributed by atoms with Crippen molar-refractivity contribution in [1.29, 1.82) is 0 Å². The highest BCUT2D eigenvalue weighted by molar-refractivity contribution is 7.80. The molecule has 4 N–H and O–H groups in total. The minimum atomic E-state index is -4.65. The van der Waals surface area contributed by atoms with E-state index in [1.807, 2.05) is 6.08 Å². The van der Waals surface area contributed by atoms with Crippen LogP contribution in [0.15, 0.2) is 12.3 Å². The fourth-order valence-corrected chi connectivity index (χ4v) is 2.71. The lowest BCUT2D eigenvalue weighted by Crippen LogP contribution is -2.44. The van der Waals surface area contributed by atoms with E-state index in [0.29, 0.717) is 13.0 Å². The molecule has 4 atom stereocenters. The van der Waals surface area contributed by atoms with E-state index in [0.717, 1.165) is 4.86 Å². The fourth-order valence-electron chi connectivity index (χ4n) is 2.13. The van der Waals surface area contributed by atoms with Crippen LogP contribution in [0.2, 0.25) is 0 Å². The zero-order valence-corrected chi connectivity index (χ0v) is 12.1. The van der Waals surface area contributed by atoms with Gasteiger partial charge < -0.3 is 29.6 Å². The van der Waals surface area contributed by atoms with Crippen LogP contribution in [0, 0.1) is 0 Å². The molecular weight excluding hydrogens is 309 g/mol. The summed E-state index contributed by atoms with van der Waals surface area (Å²) in [5, 5.41) is 19.8. The molecule has 0 amide bonds. The lowest BCUT2D eigenvalue weighted by Gasteiger charge is -2.31. The molecule has 0 unspecified atom stereocenters. The van der Waals surface area contributed by atoms with Gasteiger partial charge in [0, 0.05) is 11.3 Å². The Morgan fingerprint density at radius 2 is 2.15 bits per heavy atom. The highest BCUT2D eigenvalue weighted by atomic mass is 32.1. The van der Waals surface area contributed by atoms with Crippen molar-refractivity contribution in [1.82, 2.24) is 4.90 Å². The molecule has 2 rings (SSSR count). The third-order valence-electron chi connectivity index (χ3n) is 3.07. The number of aliphatic hydroxyl groups is 2. The number of aliphatic hydroxyl groups excluding tert-OH is 2. The molecule has 0 radical (unpaired) electrons. The van der Waals surface area contributed by atoms with Gasteiger partial charge in [0.15, 0.2) is 6.23 Å². The maximum Gasteiger partial charge on any atom is 0.469 e. The maximum absolute atomic E-state index is 10.6. The summed E-state index contributed by atoms with van der Waals surface area (Å²) in [6.07, 6.45) is -0.170. The molecule has 2 heterocycles. The van der Waals surface area contributed by atoms with E-state index in [-0.39, 0.29) is 0 Å². The van der Waals surface area contributed by atoms with E-state index >= 15 is 0 Å². The molecule has 1 saturated heterocycles. The molecule has 2 aliphatic rings. The molecule has 114 valence electrons. The molecule has 0 aromatic carbocycles. The number of ether oxygens (including phenoxy) is 1. The van der Waals surface area contributed by atoms with Crippen LogP contribution in [-0.4, -0.2) is 67.5 Å². The van der Waals surface area contributed by atoms with E-state index in [2.05, 4.69) is 4.52 Å². The van der Waals surface area contributed by atoms with Crippen molar-refractivity contribution in [3.8, 4) is 0 Å². The summed E-state index contributed by atoms with van der Waals surface area (Å²) < 4.78 is 20.3. The van der Waals surface area contributed by atoms with Gasteiger partial charge in [-0.3, -0.25) is 4.52 Å². The molecule has 8 nitrogen and oxygen atoms in total. The molecule has 0 saturated carbocycles. The number of allylic oxidation sites excluding steroid dienone is 1. The van der Waals surface area contributed by atoms with Crippen LogP contribution >= 0.6 is 20.0 Å². The fraction of sp³-hybridized carbons (Fsp3) is 0.700. The van der Waals surface area contributed by atoms with Gasteiger partial charge in [-0.2, -0.15) is 0 Å². The summed E-state index contributed by atoms with van der Waals surface area (Å²) in [6.45, 7) is -0.104. The second-order valence-electron chi connectivity index (χ2n) is 4.63. The minimum absolute atomic E-state index is 0.409. The van der Waals surface area contributed by atoms with Gasteiger partial charge in [-0.15, -0.1) is 0 Å². The monoisotopic (exact) mass is 325 g/mol. The Morgan fingerprint density at radius 3 is 2.75 bits per heavy atom. The van der Waals surface area contributed by atoms with Gasteiger partial charge in [-0.05, 0) is 6.20 Å². The Bertz CT molecular complexity index is 453. The molecule has 0 aromatic rings. The van der Waals surface area contributed by atoms with Gasteiger partial charge in [-0.25, -0.2) is 4.57 Å². The Labute approximate surface area is 120 Å². The molecular formula is C10H16NO7PS. The zero-order valence-electron chi connectivity index (χ0n) is 10.4. The average molecular weight is 325 g/mol. The summed E-state index contributed by atoms with van der Waals surface area (Å²) in [5.74, 6) is 0. The SMILES string of the molecule is O=P(O)(O)OC[C@H]1O[C@@H](N2C=CCC(=S)C2)[C@H](O)[C@@H]1O. The van der Waals surface area contributed by atoms with Crippen molar-refractivity contribution < 1.29 is 33.8 Å². The topological polar surface area (TPSA) is 120 Å². The van der Waals surface area contributed by atoms with E-state index in [4.69, 9.17) is 26.7 Å². The normalized spacial score (nSPS) is 34.8. The van der Waals surface area contributed by atoms with E-state index < -0.39 is 39.0 Å². The molecule has 0 bridgehead atoms. The second kappa shape index (κ2) is 6.17. The highest BCUT2D eigenvalue weighted by Gasteiger charge is 2.45. The van der Waals surface area contributed by atoms with Gasteiger partial charge in [0.2, 0.25) is 0 Å². The smallest absolute Gasteiger partial charge is 0.387 e. The summed E-state index contributed by atoms with van der Waals surface area (Å²) >= 11 is 5.10. The molecule has 20 heavy (non-hydrogen) atoms. The quantitative estimate of drug-likeness (QED) is 0.386. The number of nitrogens with zero attached hydrogens (tertiary/aromatic N) is 1. The van der Waals surface area contributed by atoms with Crippen molar-refractivity contribution >= 4 is 24.9 Å². The van der Waals surface area contributed by atoms with Crippen LogP contribution in [0.1, 0.15) is 6.42 Å². The summed E-state index contributed by atoms with van der Waals surface area (Å²) in [5.41, 5.74) is 0. The number of thiocarbonyl (C=S) groups is 1. The first-order valence-electron chi connectivity index (χ1n) is 5.94. The third kappa shape index (κ3) is 3.84. The predicted octanol–water partition coefficient (Wildman–Crippen LogP) is -0.868. The molecule has 0 aromatic heterocycles. The molecule has 0 aliphatic carbocycles. The number of hydrogen-bond donors (Lipinski definition) is 4. The first-order valence-corrected chi connectivity index (χ1v) is 7.87. The lowest BCUT2D eigenvalue weighted by molar-refractivity contribution is -0.0747. The van der Waals surface area contributed by atoms with Crippen LogP contribution in [0.4, 0.5) is 0 Å². The lowest BCUT2D eigenvalue weighted by atomic mass is 10.1. The Hall–Kier alpha value is -0.380. The van der Waals surface area contributed by atoms with E-state index in [1.54, 1.807) is 11.1 Å². The zero-order chi connectivity index (χ0) is 14.9. The maximum atomic E-state index is 10.6. The Kier molecular flexibility index (Phi) is 4.93. The van der Waals surface area contributed by atoms with Crippen LogP contribution in [-0.2, 0) is 13.8 Å². The van der Waals surface area contributed by atoms with Gasteiger partial charge in [0.1, 0.15) is 18.3 Å². The third-order valence-corrected chi connectivity index (χ3v) is 3.85. The van der Waals surface area contributed by atoms with Gasteiger partial charge >= 0.3 is 7.82 Å². The Balaban J connectivity index is 1.99. The van der Waals surface area contributed by atoms with E-state index in [9.17, 15) is 14.8 Å². The minimum Gasteiger partial charge on any atom is -0.387 e. The van der Waals surface area contributed by atoms with Crippen LogP contribution in [0.25, 0.3) is 0 Å². The second-order valence-corrected chi connectivity index (χ2v) is 6.45. The molecule has 0 spiro atoms. The summed E-state index contributed by atoms with van der Waals surface area (Å²) in [7, 11) is -4.65. The first kappa shape index (κ1) is 16.0. The molecule has 10 heteroatoms. The van der Waals surface area contributed by atoms with Crippen molar-refractivity contribution in [2.45, 2.75) is 31.0 Å². The summed E-state index contributed by atoms with van der Waals surface area (Å²) in [4.78, 5) is 19.7. The van der Waals surface area contributed by atoms with Crippen LogP contribution in [0.3, 0.4) is 0 Å². The first-order chi connectivity index (χ1) is 9.28. The number of hydrogen-bond acceptors (Lipinski definition) is 7. The standard InChI is InChI=1S/C10H16NO7PS/c12-8-7(5-17-19(14,15)16)18-10(9(8)13)11-3-1-2-6(20)4-11/h1,3,7-10,12-13H,2,4-5H2,(H2,14,15,16)/t7-,8-,9-,10-/m1/s1. The highest BCUT2D eigenvalue weighted by Crippen LogP contribution is 2.37. The number of rotatable bonds is 4. The number of phosphoric acid groups is 1. The largest absolute Gasteiger partial charge is 0.469 e. The van der Waals surface area contributed by atoms with Gasteiger partial charge in [-0.1, -0.05) is 18.3 Å². The van der Waals surface area contributed by atoms with Crippen molar-refractivity contribution in [2.75, 3.05) is 13.2 Å². The molecule has 2 aliphatic heterocycles. The van der Waals surface area contributed by atoms with Crippen molar-refractivity contribution in [3.05, 3.63) is 12.3 Å². The van der Waals surface area contributed by atoms with Gasteiger partial charge in [0.05, 0.1) is 13.2 Å². The molecule has 1 fully saturated rings.